The van der Waals surface area contributed by atoms with Crippen molar-refractivity contribution in [3.05, 3.63) is 22.3 Å². The van der Waals surface area contributed by atoms with Crippen molar-refractivity contribution < 1.29 is 5.11 Å². The average Bonchev–Trinajstić information content (AvgIpc) is 2.09. The Bertz CT molecular complexity index is 291. The monoisotopic (exact) mass is 244 g/mol. The molecule has 1 atom stereocenters. The third-order valence-electron chi connectivity index (χ3n) is 1.70. The molecule has 4 heteroatoms. The number of anilines is 1. The predicted molar refractivity (Wildman–Crippen MR) is 56.8 cm³/mol. The normalized spacial score (nSPS) is 12.6. The summed E-state index contributed by atoms with van der Waals surface area (Å²) in [6.07, 6.45) is 1.74. The van der Waals surface area contributed by atoms with E-state index in [9.17, 15) is 0 Å². The van der Waals surface area contributed by atoms with Crippen molar-refractivity contribution >= 4 is 21.7 Å². The molecule has 0 aromatic carbocycles. The zero-order valence-corrected chi connectivity index (χ0v) is 9.30. The highest BCUT2D eigenvalue weighted by Crippen LogP contribution is 2.17. The van der Waals surface area contributed by atoms with Gasteiger partial charge >= 0.3 is 0 Å². The second kappa shape index (κ2) is 4.58. The van der Waals surface area contributed by atoms with Gasteiger partial charge in [0, 0.05) is 16.7 Å². The minimum Gasteiger partial charge on any atom is -0.394 e. The summed E-state index contributed by atoms with van der Waals surface area (Å²) in [6, 6.07) is 2.02. The van der Waals surface area contributed by atoms with E-state index in [2.05, 4.69) is 26.2 Å². The Kier molecular flexibility index (Phi) is 3.69. The lowest BCUT2D eigenvalue weighted by Crippen LogP contribution is -2.20. The van der Waals surface area contributed by atoms with Gasteiger partial charge in [-0.15, -0.1) is 0 Å². The lowest BCUT2D eigenvalue weighted by Gasteiger charge is -2.13. The third kappa shape index (κ3) is 2.97. The first-order chi connectivity index (χ1) is 6.13. The Morgan fingerprint density at radius 1 is 1.69 bits per heavy atom. The fourth-order valence-corrected chi connectivity index (χ4v) is 1.42. The van der Waals surface area contributed by atoms with E-state index in [-0.39, 0.29) is 12.6 Å². The quantitative estimate of drug-likeness (QED) is 0.855. The summed E-state index contributed by atoms with van der Waals surface area (Å²) < 4.78 is 0.965. The van der Waals surface area contributed by atoms with Crippen molar-refractivity contribution in [2.24, 2.45) is 0 Å². The highest BCUT2D eigenvalue weighted by Gasteiger charge is 2.03. The molecule has 0 aliphatic rings. The number of aliphatic hydroxyl groups is 1. The second-order valence-corrected chi connectivity index (χ2v) is 3.96. The molecule has 0 saturated carbocycles. The number of hydrogen-bond acceptors (Lipinski definition) is 3. The van der Waals surface area contributed by atoms with Crippen LogP contribution >= 0.6 is 15.9 Å². The lowest BCUT2D eigenvalue weighted by atomic mass is 10.2. The van der Waals surface area contributed by atoms with Gasteiger partial charge in [0.05, 0.1) is 6.61 Å². The summed E-state index contributed by atoms with van der Waals surface area (Å²) in [5.74, 6) is 0.824. The van der Waals surface area contributed by atoms with Gasteiger partial charge in [0.25, 0.3) is 0 Å². The first kappa shape index (κ1) is 10.5. The van der Waals surface area contributed by atoms with Crippen molar-refractivity contribution in [1.82, 2.24) is 4.98 Å². The summed E-state index contributed by atoms with van der Waals surface area (Å²) >= 11 is 3.34. The molecule has 1 unspecified atom stereocenters. The van der Waals surface area contributed by atoms with E-state index in [0.717, 1.165) is 15.9 Å². The number of pyridine rings is 1. The Hall–Kier alpha value is -0.610. The second-order valence-electron chi connectivity index (χ2n) is 3.05. The van der Waals surface area contributed by atoms with Crippen LogP contribution in [0.2, 0.25) is 0 Å². The molecule has 0 bridgehead atoms. The highest BCUT2D eigenvalue weighted by atomic mass is 79.9. The average molecular weight is 245 g/mol. The van der Waals surface area contributed by atoms with Gasteiger partial charge in [-0.25, -0.2) is 4.98 Å². The van der Waals surface area contributed by atoms with Gasteiger partial charge < -0.3 is 10.4 Å². The van der Waals surface area contributed by atoms with Gasteiger partial charge in [-0.3, -0.25) is 0 Å². The number of hydrogen-bond donors (Lipinski definition) is 2. The van der Waals surface area contributed by atoms with Crippen LogP contribution in [0, 0.1) is 6.92 Å². The Morgan fingerprint density at radius 2 is 2.38 bits per heavy atom. The molecular formula is C9H13BrN2O. The standard InChI is InChI=1S/C9H13BrN2O/c1-6-3-8(10)4-11-9(6)12-7(2)5-13/h3-4,7,13H,5H2,1-2H3,(H,11,12). The van der Waals surface area contributed by atoms with Crippen LogP contribution in [0.3, 0.4) is 0 Å². The van der Waals surface area contributed by atoms with Crippen molar-refractivity contribution in [3.8, 4) is 0 Å². The zero-order chi connectivity index (χ0) is 9.84. The van der Waals surface area contributed by atoms with Gasteiger partial charge in [0.15, 0.2) is 0 Å². The maximum Gasteiger partial charge on any atom is 0.129 e. The van der Waals surface area contributed by atoms with E-state index in [1.165, 1.54) is 0 Å². The third-order valence-corrected chi connectivity index (χ3v) is 2.14. The number of nitrogens with zero attached hydrogens (tertiary/aromatic N) is 1. The lowest BCUT2D eigenvalue weighted by molar-refractivity contribution is 0.281. The van der Waals surface area contributed by atoms with Crippen LogP contribution in [-0.4, -0.2) is 22.7 Å². The number of halogens is 1. The molecule has 1 aromatic rings. The first-order valence-corrected chi connectivity index (χ1v) is 4.92. The number of rotatable bonds is 3. The maximum atomic E-state index is 8.84. The summed E-state index contributed by atoms with van der Waals surface area (Å²) in [7, 11) is 0. The number of aryl methyl sites for hydroxylation is 1. The fraction of sp³-hybridized carbons (Fsp3) is 0.444. The number of nitrogens with one attached hydrogen (secondary N) is 1. The Labute approximate surface area is 86.3 Å². The van der Waals surface area contributed by atoms with Crippen LogP contribution in [-0.2, 0) is 0 Å². The largest absolute Gasteiger partial charge is 0.394 e. The molecule has 0 aliphatic heterocycles. The summed E-state index contributed by atoms with van der Waals surface area (Å²) in [6.45, 7) is 3.99. The van der Waals surface area contributed by atoms with Gasteiger partial charge in [-0.2, -0.15) is 0 Å². The van der Waals surface area contributed by atoms with Gasteiger partial charge in [-0.1, -0.05) is 0 Å². The number of aromatic nitrogens is 1. The molecule has 1 aromatic heterocycles. The van der Waals surface area contributed by atoms with Crippen molar-refractivity contribution in [3.63, 3.8) is 0 Å². The van der Waals surface area contributed by atoms with E-state index < -0.39 is 0 Å². The molecule has 1 heterocycles. The maximum absolute atomic E-state index is 8.84. The molecule has 0 saturated heterocycles. The van der Waals surface area contributed by atoms with E-state index in [0.29, 0.717) is 0 Å². The summed E-state index contributed by atoms with van der Waals surface area (Å²) in [5, 5.41) is 11.9. The molecule has 3 nitrogen and oxygen atoms in total. The van der Waals surface area contributed by atoms with E-state index in [1.54, 1.807) is 6.20 Å². The van der Waals surface area contributed by atoms with Crippen molar-refractivity contribution in [2.75, 3.05) is 11.9 Å². The van der Waals surface area contributed by atoms with E-state index >= 15 is 0 Å². The topological polar surface area (TPSA) is 45.2 Å². The minimum absolute atomic E-state index is 0.0346. The highest BCUT2D eigenvalue weighted by molar-refractivity contribution is 9.10. The van der Waals surface area contributed by atoms with Crippen molar-refractivity contribution in [2.45, 2.75) is 19.9 Å². The van der Waals surface area contributed by atoms with Crippen LogP contribution < -0.4 is 5.32 Å². The van der Waals surface area contributed by atoms with E-state index in [1.807, 2.05) is 19.9 Å². The van der Waals surface area contributed by atoms with Crippen LogP contribution in [0.4, 0.5) is 5.82 Å². The van der Waals surface area contributed by atoms with Gasteiger partial charge in [0.1, 0.15) is 5.82 Å². The minimum atomic E-state index is 0.0346. The Balaban J connectivity index is 2.77. The van der Waals surface area contributed by atoms with Gasteiger partial charge in [-0.05, 0) is 41.4 Å². The molecule has 0 spiro atoms. The Morgan fingerprint density at radius 3 is 2.92 bits per heavy atom. The van der Waals surface area contributed by atoms with Crippen LogP contribution in [0.5, 0.6) is 0 Å². The molecule has 0 fully saturated rings. The van der Waals surface area contributed by atoms with E-state index in [4.69, 9.17) is 5.11 Å². The molecule has 0 amide bonds. The molecule has 72 valence electrons. The zero-order valence-electron chi connectivity index (χ0n) is 7.71. The SMILES string of the molecule is Cc1cc(Br)cnc1NC(C)CO. The van der Waals surface area contributed by atoms with Gasteiger partial charge in [0.2, 0.25) is 0 Å². The van der Waals surface area contributed by atoms with Crippen LogP contribution in [0.1, 0.15) is 12.5 Å². The molecule has 2 N–H and O–H groups in total. The number of aliphatic hydroxyl groups excluding tert-OH is 1. The molecule has 13 heavy (non-hydrogen) atoms. The molecule has 0 aliphatic carbocycles. The molecule has 1 rings (SSSR count). The van der Waals surface area contributed by atoms with Crippen molar-refractivity contribution in [1.29, 1.82) is 0 Å². The van der Waals surface area contributed by atoms with Crippen LogP contribution in [0.15, 0.2) is 16.7 Å². The fourth-order valence-electron chi connectivity index (χ4n) is 0.971. The summed E-state index contributed by atoms with van der Waals surface area (Å²) in [4.78, 5) is 4.20. The predicted octanol–water partition coefficient (Wildman–Crippen LogP) is 1.95. The molecular weight excluding hydrogens is 232 g/mol. The molecule has 0 radical (unpaired) electrons. The smallest absolute Gasteiger partial charge is 0.129 e. The summed E-state index contributed by atoms with van der Waals surface area (Å²) in [5.41, 5.74) is 1.06. The van der Waals surface area contributed by atoms with Crippen LogP contribution in [0.25, 0.3) is 0 Å². The first-order valence-electron chi connectivity index (χ1n) is 4.13.